The Balaban J connectivity index is 2.64. The van der Waals surface area contributed by atoms with Gasteiger partial charge in [0.25, 0.3) is 0 Å². The molecule has 3 nitrogen and oxygen atoms in total. The molecule has 0 aliphatic heterocycles. The van der Waals surface area contributed by atoms with Gasteiger partial charge in [-0.3, -0.25) is 4.68 Å². The van der Waals surface area contributed by atoms with E-state index in [4.69, 9.17) is 5.11 Å². The molecule has 0 bridgehead atoms. The Hall–Kier alpha value is -1.27. The van der Waals surface area contributed by atoms with Gasteiger partial charge in [-0.15, -0.1) is 0 Å². The first-order valence-electron chi connectivity index (χ1n) is 3.99. The van der Waals surface area contributed by atoms with Gasteiger partial charge in [0.05, 0.1) is 11.8 Å². The molecule has 0 aromatic carbocycles. The van der Waals surface area contributed by atoms with Crippen molar-refractivity contribution in [2.24, 2.45) is 0 Å². The molecule has 1 rings (SSSR count). The van der Waals surface area contributed by atoms with Crippen molar-refractivity contribution >= 4 is 0 Å². The topological polar surface area (TPSA) is 38.0 Å². The average Bonchev–Trinajstić information content (AvgIpc) is 2.50. The van der Waals surface area contributed by atoms with Gasteiger partial charge in [0.2, 0.25) is 0 Å². The lowest BCUT2D eigenvalue weighted by Crippen LogP contribution is -1.95. The summed E-state index contributed by atoms with van der Waals surface area (Å²) in [5.41, 5.74) is 0.859. The molecular weight excluding hydrogens is 152 g/mol. The first kappa shape index (κ1) is 8.82. The fraction of sp³-hybridized carbons (Fsp3) is 0.444. The second kappa shape index (κ2) is 4.58. The summed E-state index contributed by atoms with van der Waals surface area (Å²) in [7, 11) is 0. The van der Waals surface area contributed by atoms with Crippen LogP contribution in [0.15, 0.2) is 12.4 Å². The van der Waals surface area contributed by atoms with Crippen LogP contribution in [-0.2, 0) is 6.54 Å². The number of aliphatic hydroxyl groups is 1. The van der Waals surface area contributed by atoms with E-state index in [9.17, 15) is 0 Å². The summed E-state index contributed by atoms with van der Waals surface area (Å²) in [4.78, 5) is 0. The van der Waals surface area contributed by atoms with Crippen LogP contribution < -0.4 is 0 Å². The van der Waals surface area contributed by atoms with E-state index in [2.05, 4.69) is 23.9 Å². The van der Waals surface area contributed by atoms with Crippen LogP contribution in [0.3, 0.4) is 0 Å². The molecular formula is C9H12N2O. The zero-order chi connectivity index (χ0) is 8.81. The molecule has 1 N–H and O–H groups in total. The molecule has 0 radical (unpaired) electrons. The molecule has 1 aromatic rings. The van der Waals surface area contributed by atoms with Gasteiger partial charge in [0.15, 0.2) is 0 Å². The van der Waals surface area contributed by atoms with Crippen LogP contribution in [0.5, 0.6) is 0 Å². The largest absolute Gasteiger partial charge is 0.384 e. The first-order chi connectivity index (χ1) is 5.86. The predicted molar refractivity (Wildman–Crippen MR) is 46.5 cm³/mol. The Bertz CT molecular complexity index is 293. The number of hydrogen-bond acceptors (Lipinski definition) is 2. The summed E-state index contributed by atoms with van der Waals surface area (Å²) in [5, 5.41) is 12.5. The van der Waals surface area contributed by atoms with Crippen molar-refractivity contribution < 1.29 is 5.11 Å². The van der Waals surface area contributed by atoms with Crippen LogP contribution in [0.4, 0.5) is 0 Å². The molecule has 3 heteroatoms. The van der Waals surface area contributed by atoms with Crippen molar-refractivity contribution in [3.63, 3.8) is 0 Å². The summed E-state index contributed by atoms with van der Waals surface area (Å²) >= 11 is 0. The highest BCUT2D eigenvalue weighted by molar-refractivity contribution is 5.29. The van der Waals surface area contributed by atoms with Gasteiger partial charge in [-0.1, -0.05) is 18.8 Å². The van der Waals surface area contributed by atoms with Crippen LogP contribution in [0.1, 0.15) is 18.9 Å². The molecule has 0 amide bonds. The third-order valence-corrected chi connectivity index (χ3v) is 1.40. The number of aliphatic hydroxyl groups excluding tert-OH is 1. The highest BCUT2D eigenvalue weighted by Crippen LogP contribution is 1.95. The van der Waals surface area contributed by atoms with E-state index < -0.39 is 0 Å². The zero-order valence-electron chi connectivity index (χ0n) is 7.12. The van der Waals surface area contributed by atoms with Crippen molar-refractivity contribution in [3.8, 4) is 11.8 Å². The van der Waals surface area contributed by atoms with Gasteiger partial charge >= 0.3 is 0 Å². The number of nitrogens with zero attached hydrogens (tertiary/aromatic N) is 2. The summed E-state index contributed by atoms with van der Waals surface area (Å²) in [6.45, 7) is 2.92. The van der Waals surface area contributed by atoms with Crippen LogP contribution in [0.25, 0.3) is 0 Å². The Labute approximate surface area is 72.0 Å². The van der Waals surface area contributed by atoms with Crippen molar-refractivity contribution in [1.82, 2.24) is 9.78 Å². The van der Waals surface area contributed by atoms with Gasteiger partial charge in [-0.25, -0.2) is 0 Å². The second-order valence-electron chi connectivity index (χ2n) is 2.45. The monoisotopic (exact) mass is 164 g/mol. The van der Waals surface area contributed by atoms with Gasteiger partial charge in [-0.05, 0) is 6.42 Å². The van der Waals surface area contributed by atoms with E-state index in [1.54, 1.807) is 6.20 Å². The number of rotatable bonds is 2. The van der Waals surface area contributed by atoms with Gasteiger partial charge in [0.1, 0.15) is 6.61 Å². The van der Waals surface area contributed by atoms with E-state index >= 15 is 0 Å². The number of hydrogen-bond donors (Lipinski definition) is 1. The first-order valence-corrected chi connectivity index (χ1v) is 3.99. The van der Waals surface area contributed by atoms with Crippen LogP contribution in [-0.4, -0.2) is 21.5 Å². The lowest BCUT2D eigenvalue weighted by atomic mass is 10.4. The van der Waals surface area contributed by atoms with E-state index in [0.29, 0.717) is 0 Å². The minimum absolute atomic E-state index is 0.0983. The summed E-state index contributed by atoms with van der Waals surface area (Å²) in [6.07, 6.45) is 4.65. The lowest BCUT2D eigenvalue weighted by molar-refractivity contribution is 0.350. The Kier molecular flexibility index (Phi) is 3.36. The minimum Gasteiger partial charge on any atom is -0.384 e. The van der Waals surface area contributed by atoms with Crippen molar-refractivity contribution in [2.45, 2.75) is 19.9 Å². The summed E-state index contributed by atoms with van der Waals surface area (Å²) < 4.78 is 1.85. The maximum absolute atomic E-state index is 8.44. The number of aromatic nitrogens is 2. The molecule has 12 heavy (non-hydrogen) atoms. The van der Waals surface area contributed by atoms with E-state index in [-0.39, 0.29) is 6.61 Å². The molecule has 0 atom stereocenters. The Morgan fingerprint density at radius 1 is 1.67 bits per heavy atom. The minimum atomic E-state index is -0.0983. The third kappa shape index (κ3) is 2.40. The van der Waals surface area contributed by atoms with Gasteiger partial charge < -0.3 is 5.11 Å². The summed E-state index contributed by atoms with van der Waals surface area (Å²) in [5.74, 6) is 5.36. The maximum Gasteiger partial charge on any atom is 0.104 e. The molecule has 0 spiro atoms. The van der Waals surface area contributed by atoms with Crippen LogP contribution in [0.2, 0.25) is 0 Å². The smallest absolute Gasteiger partial charge is 0.104 e. The molecule has 0 aliphatic carbocycles. The van der Waals surface area contributed by atoms with Crippen LogP contribution >= 0.6 is 0 Å². The average molecular weight is 164 g/mol. The molecule has 0 fully saturated rings. The van der Waals surface area contributed by atoms with Crippen LogP contribution in [0, 0.1) is 11.8 Å². The quantitative estimate of drug-likeness (QED) is 0.651. The van der Waals surface area contributed by atoms with Gasteiger partial charge in [-0.2, -0.15) is 5.10 Å². The molecule has 0 saturated carbocycles. The molecule has 0 aliphatic rings. The van der Waals surface area contributed by atoms with E-state index in [1.165, 1.54) is 0 Å². The summed E-state index contributed by atoms with van der Waals surface area (Å²) in [6, 6.07) is 0. The van der Waals surface area contributed by atoms with E-state index in [1.807, 2.05) is 10.9 Å². The molecule has 64 valence electrons. The highest BCUT2D eigenvalue weighted by atomic mass is 16.2. The normalized spacial score (nSPS) is 9.17. The lowest BCUT2D eigenvalue weighted by Gasteiger charge is -1.93. The maximum atomic E-state index is 8.44. The fourth-order valence-electron chi connectivity index (χ4n) is 0.921. The molecule has 0 unspecified atom stereocenters. The molecule has 0 saturated heterocycles. The Morgan fingerprint density at radius 3 is 3.17 bits per heavy atom. The van der Waals surface area contributed by atoms with Crippen molar-refractivity contribution in [3.05, 3.63) is 18.0 Å². The Morgan fingerprint density at radius 2 is 2.50 bits per heavy atom. The second-order valence-corrected chi connectivity index (χ2v) is 2.45. The number of aryl methyl sites for hydroxylation is 1. The predicted octanol–water partition coefficient (Wildman–Crippen LogP) is 0.637. The zero-order valence-corrected chi connectivity index (χ0v) is 7.12. The molecule has 1 heterocycles. The molecule has 1 aromatic heterocycles. The fourth-order valence-corrected chi connectivity index (χ4v) is 0.921. The highest BCUT2D eigenvalue weighted by Gasteiger charge is 1.92. The standard InChI is InChI=1S/C9H12N2O/c1-2-5-11-8-9(7-10-11)4-3-6-12/h7-8,12H,2,5-6H2,1H3. The third-order valence-electron chi connectivity index (χ3n) is 1.40. The SMILES string of the molecule is CCCn1cc(C#CCO)cn1. The van der Waals surface area contributed by atoms with Crippen molar-refractivity contribution in [2.75, 3.05) is 6.61 Å². The van der Waals surface area contributed by atoms with Gasteiger partial charge in [0, 0.05) is 12.7 Å². The van der Waals surface area contributed by atoms with E-state index in [0.717, 1.165) is 18.5 Å². The van der Waals surface area contributed by atoms with Crippen molar-refractivity contribution in [1.29, 1.82) is 0 Å².